The quantitative estimate of drug-likeness (QED) is 0.818. The van der Waals surface area contributed by atoms with Crippen molar-refractivity contribution >= 4 is 11.9 Å². The van der Waals surface area contributed by atoms with Crippen molar-refractivity contribution in [1.29, 1.82) is 0 Å². The Bertz CT molecular complexity index is 434. The number of carbonyl (C=O) groups is 2. The van der Waals surface area contributed by atoms with E-state index in [2.05, 4.69) is 10.2 Å². The number of nitrogens with two attached hydrogens (primary N) is 1. The first kappa shape index (κ1) is 17.5. The summed E-state index contributed by atoms with van der Waals surface area (Å²) < 4.78 is 0. The Hall–Kier alpha value is -1.30. The molecule has 0 aromatic rings. The van der Waals surface area contributed by atoms with Crippen molar-refractivity contribution in [3.8, 4) is 0 Å². The standard InChI is InChI=1S/C18H32N4O2/c19-18(24)22-9-3-14(4-10-22)13-17(23)21-11-5-16(6-12-21)15-1-7-20-8-2-15/h14-16,20H,1-13H2,(H2,19,24). The van der Waals surface area contributed by atoms with Crippen LogP contribution in [-0.2, 0) is 4.79 Å². The molecule has 0 radical (unpaired) electrons. The van der Waals surface area contributed by atoms with Crippen LogP contribution in [0.4, 0.5) is 4.79 Å². The molecule has 3 N–H and O–H groups in total. The fourth-order valence-electron chi connectivity index (χ4n) is 4.67. The highest BCUT2D eigenvalue weighted by Crippen LogP contribution is 2.31. The van der Waals surface area contributed by atoms with Gasteiger partial charge in [0.2, 0.25) is 5.91 Å². The fraction of sp³-hybridized carbons (Fsp3) is 0.889. The summed E-state index contributed by atoms with van der Waals surface area (Å²) >= 11 is 0. The molecular formula is C18H32N4O2. The van der Waals surface area contributed by atoms with E-state index in [0.717, 1.165) is 50.9 Å². The molecule has 0 spiro atoms. The molecule has 0 saturated carbocycles. The summed E-state index contributed by atoms with van der Waals surface area (Å²) in [6.45, 7) is 5.60. The minimum atomic E-state index is -0.334. The van der Waals surface area contributed by atoms with Gasteiger partial charge in [0.15, 0.2) is 0 Å². The van der Waals surface area contributed by atoms with Gasteiger partial charge in [-0.25, -0.2) is 4.79 Å². The largest absolute Gasteiger partial charge is 0.351 e. The monoisotopic (exact) mass is 336 g/mol. The zero-order valence-corrected chi connectivity index (χ0v) is 14.7. The van der Waals surface area contributed by atoms with Gasteiger partial charge >= 0.3 is 6.03 Å². The van der Waals surface area contributed by atoms with E-state index in [4.69, 9.17) is 5.73 Å². The molecule has 0 bridgehead atoms. The second kappa shape index (κ2) is 8.19. The van der Waals surface area contributed by atoms with Crippen LogP contribution in [-0.4, -0.2) is 61.0 Å². The number of amides is 3. The number of hydrogen-bond acceptors (Lipinski definition) is 3. The first-order valence-corrected chi connectivity index (χ1v) is 9.66. The van der Waals surface area contributed by atoms with Gasteiger partial charge in [0, 0.05) is 32.6 Å². The lowest BCUT2D eigenvalue weighted by molar-refractivity contribution is -0.134. The van der Waals surface area contributed by atoms with Crippen LogP contribution in [0.15, 0.2) is 0 Å². The van der Waals surface area contributed by atoms with Crippen LogP contribution in [0.5, 0.6) is 0 Å². The average molecular weight is 336 g/mol. The van der Waals surface area contributed by atoms with Crippen LogP contribution in [0.25, 0.3) is 0 Å². The fourth-order valence-corrected chi connectivity index (χ4v) is 4.67. The molecule has 3 heterocycles. The lowest BCUT2D eigenvalue weighted by atomic mass is 9.79. The molecule has 0 aromatic carbocycles. The van der Waals surface area contributed by atoms with Gasteiger partial charge in [-0.2, -0.15) is 0 Å². The lowest BCUT2D eigenvalue weighted by Crippen LogP contribution is -2.44. The van der Waals surface area contributed by atoms with Crippen LogP contribution in [0, 0.1) is 17.8 Å². The number of likely N-dealkylation sites (tertiary alicyclic amines) is 2. The van der Waals surface area contributed by atoms with Crippen molar-refractivity contribution < 1.29 is 9.59 Å². The second-order valence-electron chi connectivity index (χ2n) is 7.78. The topological polar surface area (TPSA) is 78.7 Å². The van der Waals surface area contributed by atoms with Crippen molar-refractivity contribution in [1.82, 2.24) is 15.1 Å². The van der Waals surface area contributed by atoms with Gasteiger partial charge in [-0.1, -0.05) is 0 Å². The molecule has 3 aliphatic heterocycles. The molecule has 3 fully saturated rings. The summed E-state index contributed by atoms with van der Waals surface area (Å²) in [4.78, 5) is 27.5. The number of piperidine rings is 3. The highest BCUT2D eigenvalue weighted by molar-refractivity contribution is 5.76. The van der Waals surface area contributed by atoms with E-state index in [1.807, 2.05) is 0 Å². The van der Waals surface area contributed by atoms with Crippen molar-refractivity contribution in [3.05, 3.63) is 0 Å². The van der Waals surface area contributed by atoms with Crippen LogP contribution in [0.3, 0.4) is 0 Å². The van der Waals surface area contributed by atoms with Gasteiger partial charge in [0.05, 0.1) is 0 Å². The molecule has 3 aliphatic rings. The third-order valence-corrected chi connectivity index (χ3v) is 6.33. The third-order valence-electron chi connectivity index (χ3n) is 6.33. The maximum atomic E-state index is 12.6. The molecule has 0 atom stereocenters. The van der Waals surface area contributed by atoms with Crippen molar-refractivity contribution in [3.63, 3.8) is 0 Å². The number of carbonyl (C=O) groups excluding carboxylic acids is 2. The molecule has 0 aromatic heterocycles. The predicted octanol–water partition coefficient (Wildman–Crippen LogP) is 1.41. The van der Waals surface area contributed by atoms with Crippen molar-refractivity contribution in [2.45, 2.75) is 44.9 Å². The van der Waals surface area contributed by atoms with Gasteiger partial charge in [-0.15, -0.1) is 0 Å². The molecule has 6 nitrogen and oxygen atoms in total. The second-order valence-corrected chi connectivity index (χ2v) is 7.78. The minimum absolute atomic E-state index is 0.316. The summed E-state index contributed by atoms with van der Waals surface area (Å²) in [6.07, 6.45) is 7.41. The van der Waals surface area contributed by atoms with E-state index in [-0.39, 0.29) is 6.03 Å². The predicted molar refractivity (Wildman–Crippen MR) is 93.4 cm³/mol. The van der Waals surface area contributed by atoms with Crippen LogP contribution in [0.2, 0.25) is 0 Å². The molecule has 0 unspecified atom stereocenters. The lowest BCUT2D eigenvalue weighted by Gasteiger charge is -2.38. The molecule has 3 amide bonds. The maximum absolute atomic E-state index is 12.6. The van der Waals surface area contributed by atoms with Crippen LogP contribution in [0.1, 0.15) is 44.9 Å². The average Bonchev–Trinajstić information content (AvgIpc) is 2.63. The Labute approximate surface area is 145 Å². The van der Waals surface area contributed by atoms with Gasteiger partial charge in [0.25, 0.3) is 0 Å². The highest BCUT2D eigenvalue weighted by atomic mass is 16.2. The van der Waals surface area contributed by atoms with Gasteiger partial charge in [0.1, 0.15) is 0 Å². The molecule has 24 heavy (non-hydrogen) atoms. The van der Waals surface area contributed by atoms with Crippen LogP contribution >= 0.6 is 0 Å². The number of primary amides is 1. The Kier molecular flexibility index (Phi) is 5.98. The normalized spacial score (nSPS) is 25.0. The summed E-state index contributed by atoms with van der Waals surface area (Å²) in [5, 5.41) is 3.44. The molecular weight excluding hydrogens is 304 g/mol. The molecule has 3 saturated heterocycles. The molecule has 3 rings (SSSR count). The summed E-state index contributed by atoms with van der Waals surface area (Å²) in [6, 6.07) is -0.334. The molecule has 136 valence electrons. The van der Waals surface area contributed by atoms with Gasteiger partial charge in [-0.3, -0.25) is 4.79 Å². The first-order chi connectivity index (χ1) is 11.6. The minimum Gasteiger partial charge on any atom is -0.351 e. The first-order valence-electron chi connectivity index (χ1n) is 9.66. The Balaban J connectivity index is 1.38. The zero-order chi connectivity index (χ0) is 16.9. The molecule has 6 heteroatoms. The third kappa shape index (κ3) is 4.41. The smallest absolute Gasteiger partial charge is 0.314 e. The highest BCUT2D eigenvalue weighted by Gasteiger charge is 2.30. The number of nitrogens with one attached hydrogen (secondary N) is 1. The van der Waals surface area contributed by atoms with E-state index in [0.29, 0.717) is 31.3 Å². The zero-order valence-electron chi connectivity index (χ0n) is 14.7. The van der Waals surface area contributed by atoms with E-state index in [1.54, 1.807) is 4.90 Å². The number of nitrogens with zero attached hydrogens (tertiary/aromatic N) is 2. The SMILES string of the molecule is NC(=O)N1CCC(CC(=O)N2CCC(C3CCNCC3)CC2)CC1. The van der Waals surface area contributed by atoms with E-state index >= 15 is 0 Å². The maximum Gasteiger partial charge on any atom is 0.314 e. The summed E-state index contributed by atoms with van der Waals surface area (Å²) in [5.74, 6) is 2.41. The van der Waals surface area contributed by atoms with E-state index in [9.17, 15) is 9.59 Å². The Morgan fingerprint density at radius 2 is 1.38 bits per heavy atom. The number of hydrogen-bond donors (Lipinski definition) is 2. The Morgan fingerprint density at radius 1 is 0.833 bits per heavy atom. The van der Waals surface area contributed by atoms with Gasteiger partial charge in [-0.05, 0) is 69.4 Å². The van der Waals surface area contributed by atoms with E-state index in [1.165, 1.54) is 25.7 Å². The van der Waals surface area contributed by atoms with Crippen molar-refractivity contribution in [2.75, 3.05) is 39.3 Å². The summed E-state index contributed by atoms with van der Waals surface area (Å²) in [7, 11) is 0. The number of urea groups is 1. The van der Waals surface area contributed by atoms with Crippen LogP contribution < -0.4 is 11.1 Å². The van der Waals surface area contributed by atoms with Gasteiger partial charge < -0.3 is 20.9 Å². The van der Waals surface area contributed by atoms with Crippen molar-refractivity contribution in [2.24, 2.45) is 23.5 Å². The Morgan fingerprint density at radius 3 is 1.96 bits per heavy atom. The summed E-state index contributed by atoms with van der Waals surface area (Å²) in [5.41, 5.74) is 5.31. The molecule has 0 aliphatic carbocycles. The number of rotatable bonds is 3. The van der Waals surface area contributed by atoms with E-state index < -0.39 is 0 Å².